The van der Waals surface area contributed by atoms with Gasteiger partial charge in [-0.2, -0.15) is 0 Å². The summed E-state index contributed by atoms with van der Waals surface area (Å²) < 4.78 is 1.96. The van der Waals surface area contributed by atoms with E-state index in [4.69, 9.17) is 5.73 Å². The van der Waals surface area contributed by atoms with E-state index in [-0.39, 0.29) is 5.69 Å². The summed E-state index contributed by atoms with van der Waals surface area (Å²) in [4.78, 5) is 10.5. The maximum atomic E-state index is 10.9. The largest absolute Gasteiger partial charge is 0.381 e. The SMILES string of the molecule is CCCc1c(N)nnn1-c1ccc(Br)c([N+](=O)[O-])c1. The van der Waals surface area contributed by atoms with Crippen LogP contribution in [0.5, 0.6) is 0 Å². The molecule has 0 aliphatic rings. The molecule has 2 rings (SSSR count). The van der Waals surface area contributed by atoms with Crippen LogP contribution in [0.4, 0.5) is 11.5 Å². The molecule has 8 heteroatoms. The molecule has 0 amide bonds. The molecule has 0 saturated heterocycles. The minimum absolute atomic E-state index is 0.0194. The number of anilines is 1. The van der Waals surface area contributed by atoms with Gasteiger partial charge in [-0.25, -0.2) is 4.68 Å². The number of rotatable bonds is 4. The van der Waals surface area contributed by atoms with E-state index < -0.39 is 4.92 Å². The normalized spacial score (nSPS) is 10.6. The highest BCUT2D eigenvalue weighted by atomic mass is 79.9. The van der Waals surface area contributed by atoms with Crippen LogP contribution in [0.25, 0.3) is 5.69 Å². The lowest BCUT2D eigenvalue weighted by Gasteiger charge is -2.06. The molecule has 1 aromatic heterocycles. The Morgan fingerprint density at radius 1 is 1.53 bits per heavy atom. The number of hydrogen-bond acceptors (Lipinski definition) is 5. The molecule has 0 fully saturated rings. The molecule has 2 aromatic rings. The van der Waals surface area contributed by atoms with Crippen LogP contribution < -0.4 is 5.73 Å². The van der Waals surface area contributed by atoms with Gasteiger partial charge >= 0.3 is 0 Å². The zero-order chi connectivity index (χ0) is 14.0. The Morgan fingerprint density at radius 2 is 2.26 bits per heavy atom. The van der Waals surface area contributed by atoms with E-state index in [1.165, 1.54) is 10.7 Å². The summed E-state index contributed by atoms with van der Waals surface area (Å²) in [6.45, 7) is 2.01. The first-order valence-corrected chi connectivity index (χ1v) is 6.48. The Labute approximate surface area is 117 Å². The van der Waals surface area contributed by atoms with E-state index in [2.05, 4.69) is 26.2 Å². The van der Waals surface area contributed by atoms with Crippen molar-refractivity contribution in [1.82, 2.24) is 15.0 Å². The van der Waals surface area contributed by atoms with Gasteiger partial charge in [0, 0.05) is 6.07 Å². The fraction of sp³-hybridized carbons (Fsp3) is 0.273. The van der Waals surface area contributed by atoms with Crippen molar-refractivity contribution in [3.05, 3.63) is 38.5 Å². The molecule has 1 aromatic carbocycles. The molecule has 0 saturated carbocycles. The van der Waals surface area contributed by atoms with E-state index in [1.807, 2.05) is 6.92 Å². The van der Waals surface area contributed by atoms with Gasteiger partial charge in [0.2, 0.25) is 0 Å². The van der Waals surface area contributed by atoms with Gasteiger partial charge in [-0.3, -0.25) is 10.1 Å². The average Bonchev–Trinajstić information content (AvgIpc) is 2.72. The Balaban J connectivity index is 2.53. The number of hydrogen-bond donors (Lipinski definition) is 1. The first-order valence-electron chi connectivity index (χ1n) is 5.69. The fourth-order valence-corrected chi connectivity index (χ4v) is 2.16. The maximum Gasteiger partial charge on any atom is 0.285 e. The lowest BCUT2D eigenvalue weighted by atomic mass is 10.2. The van der Waals surface area contributed by atoms with Crippen LogP contribution in [-0.4, -0.2) is 19.9 Å². The van der Waals surface area contributed by atoms with Crippen molar-refractivity contribution < 1.29 is 4.92 Å². The Bertz CT molecular complexity index is 626. The van der Waals surface area contributed by atoms with Crippen molar-refractivity contribution in [3.8, 4) is 5.69 Å². The fourth-order valence-electron chi connectivity index (χ4n) is 1.76. The smallest absolute Gasteiger partial charge is 0.285 e. The van der Waals surface area contributed by atoms with Crippen LogP contribution in [0.2, 0.25) is 0 Å². The zero-order valence-corrected chi connectivity index (χ0v) is 11.8. The summed E-state index contributed by atoms with van der Waals surface area (Å²) in [5.74, 6) is 0.354. The highest BCUT2D eigenvalue weighted by Gasteiger charge is 2.16. The minimum Gasteiger partial charge on any atom is -0.381 e. The maximum absolute atomic E-state index is 10.9. The van der Waals surface area contributed by atoms with Crippen LogP contribution in [0.15, 0.2) is 22.7 Å². The van der Waals surface area contributed by atoms with Gasteiger partial charge < -0.3 is 5.73 Å². The summed E-state index contributed by atoms with van der Waals surface area (Å²) in [6, 6.07) is 4.78. The highest BCUT2D eigenvalue weighted by Crippen LogP contribution is 2.28. The van der Waals surface area contributed by atoms with Crippen molar-refractivity contribution in [2.24, 2.45) is 0 Å². The van der Waals surface area contributed by atoms with Crippen LogP contribution in [0, 0.1) is 10.1 Å². The molecule has 0 radical (unpaired) electrons. The molecule has 100 valence electrons. The van der Waals surface area contributed by atoms with Crippen molar-refractivity contribution >= 4 is 27.4 Å². The van der Waals surface area contributed by atoms with Gasteiger partial charge in [0.25, 0.3) is 5.69 Å². The van der Waals surface area contributed by atoms with Crippen molar-refractivity contribution in [3.63, 3.8) is 0 Å². The van der Waals surface area contributed by atoms with Gasteiger partial charge in [-0.05, 0) is 34.5 Å². The van der Waals surface area contributed by atoms with E-state index in [1.54, 1.807) is 12.1 Å². The number of benzene rings is 1. The molecule has 7 nitrogen and oxygen atoms in total. The molecule has 1 heterocycles. The molecule has 0 bridgehead atoms. The van der Waals surface area contributed by atoms with Gasteiger partial charge in [0.1, 0.15) is 0 Å². The lowest BCUT2D eigenvalue weighted by molar-refractivity contribution is -0.385. The second-order valence-corrected chi connectivity index (χ2v) is 4.83. The summed E-state index contributed by atoms with van der Waals surface area (Å²) in [5.41, 5.74) is 7.07. The third kappa shape index (κ3) is 2.58. The van der Waals surface area contributed by atoms with E-state index in [9.17, 15) is 10.1 Å². The summed E-state index contributed by atoms with van der Waals surface area (Å²) in [6.07, 6.45) is 1.60. The number of nitro benzene ring substituents is 1. The molecule has 0 unspecified atom stereocenters. The summed E-state index contributed by atoms with van der Waals surface area (Å²) in [5, 5.41) is 18.7. The quantitative estimate of drug-likeness (QED) is 0.687. The van der Waals surface area contributed by atoms with Crippen LogP contribution in [0.3, 0.4) is 0 Å². The number of aromatic nitrogens is 3. The third-order valence-electron chi connectivity index (χ3n) is 2.65. The molecule has 2 N–H and O–H groups in total. The van der Waals surface area contributed by atoms with Crippen LogP contribution >= 0.6 is 15.9 Å². The topological polar surface area (TPSA) is 99.9 Å². The number of nitrogens with zero attached hydrogens (tertiary/aromatic N) is 4. The minimum atomic E-state index is -0.451. The average molecular weight is 326 g/mol. The molecular weight excluding hydrogens is 314 g/mol. The van der Waals surface area contributed by atoms with Gasteiger partial charge in [0.05, 0.1) is 20.8 Å². The summed E-state index contributed by atoms with van der Waals surface area (Å²) in [7, 11) is 0. The second-order valence-electron chi connectivity index (χ2n) is 3.98. The predicted molar refractivity (Wildman–Crippen MR) is 74.1 cm³/mol. The Hall–Kier alpha value is -1.96. The predicted octanol–water partition coefficient (Wildman–Crippen LogP) is 2.47. The van der Waals surface area contributed by atoms with Crippen LogP contribution in [0.1, 0.15) is 19.0 Å². The molecule has 0 atom stereocenters. The van der Waals surface area contributed by atoms with Gasteiger partial charge in [-0.15, -0.1) is 5.10 Å². The molecular formula is C11H12BrN5O2. The lowest BCUT2D eigenvalue weighted by Crippen LogP contribution is -2.04. The van der Waals surface area contributed by atoms with Crippen LogP contribution in [-0.2, 0) is 6.42 Å². The molecule has 0 spiro atoms. The number of halogens is 1. The first kappa shape index (κ1) is 13.5. The Kier molecular flexibility index (Phi) is 3.79. The summed E-state index contributed by atoms with van der Waals surface area (Å²) >= 11 is 3.15. The first-order chi connectivity index (χ1) is 9.04. The standard InChI is InChI=1S/C11H12BrN5O2/c1-2-3-9-11(13)14-15-16(9)7-4-5-8(12)10(6-7)17(18)19/h4-6H,2-3,13H2,1H3. The second kappa shape index (κ2) is 5.35. The molecule has 19 heavy (non-hydrogen) atoms. The van der Waals surface area contributed by atoms with Crippen molar-refractivity contribution in [1.29, 1.82) is 0 Å². The number of nitrogens with two attached hydrogens (primary N) is 1. The van der Waals surface area contributed by atoms with Gasteiger partial charge in [-0.1, -0.05) is 18.6 Å². The highest BCUT2D eigenvalue weighted by molar-refractivity contribution is 9.10. The molecule has 0 aliphatic carbocycles. The monoisotopic (exact) mass is 325 g/mol. The zero-order valence-electron chi connectivity index (χ0n) is 10.2. The van der Waals surface area contributed by atoms with Crippen molar-refractivity contribution in [2.45, 2.75) is 19.8 Å². The van der Waals surface area contributed by atoms with E-state index in [0.29, 0.717) is 22.4 Å². The number of nitrogen functional groups attached to an aromatic ring is 1. The van der Waals surface area contributed by atoms with Crippen molar-refractivity contribution in [2.75, 3.05) is 5.73 Å². The number of nitro groups is 1. The Morgan fingerprint density at radius 3 is 2.89 bits per heavy atom. The molecule has 0 aliphatic heterocycles. The third-order valence-corrected chi connectivity index (χ3v) is 3.32. The van der Waals surface area contributed by atoms with E-state index >= 15 is 0 Å². The van der Waals surface area contributed by atoms with Gasteiger partial charge in [0.15, 0.2) is 5.82 Å². The van der Waals surface area contributed by atoms with E-state index in [0.717, 1.165) is 12.1 Å².